The lowest BCUT2D eigenvalue weighted by Crippen LogP contribution is -2.53. The maximum atomic E-state index is 12.5. The minimum Gasteiger partial charge on any atom is -0.350 e. The van der Waals surface area contributed by atoms with Crippen LogP contribution in [0.5, 0.6) is 0 Å². The Morgan fingerprint density at radius 3 is 2.17 bits per heavy atom. The molecule has 104 valence electrons. The Morgan fingerprint density at radius 1 is 1.17 bits per heavy atom. The number of hydrogen-bond donors (Lipinski definition) is 2. The summed E-state index contributed by atoms with van der Waals surface area (Å²) in [6, 6.07) is 0.104. The van der Waals surface area contributed by atoms with E-state index in [4.69, 9.17) is 5.73 Å². The number of fused-ring (bicyclic) bond motifs is 2. The van der Waals surface area contributed by atoms with Crippen LogP contribution in [0, 0.1) is 17.8 Å². The molecular weight excluding hydrogens is 224 g/mol. The maximum absolute atomic E-state index is 12.5. The van der Waals surface area contributed by atoms with Gasteiger partial charge in [-0.15, -0.1) is 0 Å². The summed E-state index contributed by atoms with van der Waals surface area (Å²) in [6.07, 6.45) is 6.62. The summed E-state index contributed by atoms with van der Waals surface area (Å²) in [5.74, 6) is 1.45. The van der Waals surface area contributed by atoms with Crippen LogP contribution in [0.4, 0.5) is 0 Å². The van der Waals surface area contributed by atoms with Gasteiger partial charge in [0.2, 0.25) is 5.91 Å². The van der Waals surface area contributed by atoms with E-state index >= 15 is 0 Å². The molecule has 2 saturated carbocycles. The Labute approximate surface area is 111 Å². The van der Waals surface area contributed by atoms with Gasteiger partial charge in [0, 0.05) is 11.6 Å². The smallest absolute Gasteiger partial charge is 0.225 e. The van der Waals surface area contributed by atoms with Gasteiger partial charge in [0.25, 0.3) is 0 Å². The van der Waals surface area contributed by atoms with Crippen molar-refractivity contribution in [2.24, 2.45) is 23.5 Å². The van der Waals surface area contributed by atoms with Crippen molar-refractivity contribution < 1.29 is 4.79 Å². The fourth-order valence-electron chi connectivity index (χ4n) is 4.08. The first kappa shape index (κ1) is 13.9. The molecule has 18 heavy (non-hydrogen) atoms. The summed E-state index contributed by atoms with van der Waals surface area (Å²) >= 11 is 0. The summed E-state index contributed by atoms with van der Waals surface area (Å²) in [5, 5.41) is 3.32. The van der Waals surface area contributed by atoms with E-state index in [2.05, 4.69) is 26.1 Å². The Bertz CT molecular complexity index is 301. The van der Waals surface area contributed by atoms with Crippen LogP contribution in [0.15, 0.2) is 0 Å². The number of amides is 1. The van der Waals surface area contributed by atoms with Crippen LogP contribution in [-0.2, 0) is 4.79 Å². The van der Waals surface area contributed by atoms with Crippen LogP contribution in [0.2, 0.25) is 0 Å². The highest BCUT2D eigenvalue weighted by Gasteiger charge is 2.49. The first-order valence-electron chi connectivity index (χ1n) is 7.64. The highest BCUT2D eigenvalue weighted by molar-refractivity contribution is 5.81. The molecule has 2 aliphatic rings. The van der Waals surface area contributed by atoms with Gasteiger partial charge in [-0.05, 0) is 50.4 Å². The molecule has 0 heterocycles. The molecular formula is C15H28N2O. The van der Waals surface area contributed by atoms with E-state index in [0.717, 1.165) is 19.3 Å². The number of carbonyl (C=O) groups excluding carboxylic acids is 1. The van der Waals surface area contributed by atoms with Gasteiger partial charge in [-0.25, -0.2) is 0 Å². The van der Waals surface area contributed by atoms with E-state index in [1.54, 1.807) is 0 Å². The van der Waals surface area contributed by atoms with E-state index in [0.29, 0.717) is 11.8 Å². The highest BCUT2D eigenvalue weighted by atomic mass is 16.2. The molecule has 0 radical (unpaired) electrons. The third kappa shape index (κ3) is 2.18. The molecule has 0 aliphatic heterocycles. The number of nitrogens with two attached hydrogens (primary N) is 1. The predicted molar refractivity (Wildman–Crippen MR) is 74.0 cm³/mol. The number of rotatable bonds is 5. The second-order valence-corrected chi connectivity index (χ2v) is 6.27. The minimum absolute atomic E-state index is 0.0152. The maximum Gasteiger partial charge on any atom is 0.225 e. The summed E-state index contributed by atoms with van der Waals surface area (Å²) in [6.45, 7) is 6.48. The highest BCUT2D eigenvalue weighted by Crippen LogP contribution is 2.47. The molecule has 2 rings (SSSR count). The van der Waals surface area contributed by atoms with Crippen LogP contribution < -0.4 is 11.1 Å². The van der Waals surface area contributed by atoms with Gasteiger partial charge in [0.1, 0.15) is 0 Å². The summed E-state index contributed by atoms with van der Waals surface area (Å²) in [4.78, 5) is 12.5. The number of hydrogen-bond acceptors (Lipinski definition) is 2. The van der Waals surface area contributed by atoms with Crippen molar-refractivity contribution in [2.45, 2.75) is 70.9 Å². The Kier molecular flexibility index (Phi) is 4.00. The molecule has 0 aromatic carbocycles. The SMILES string of the molecule is CCC(CC)(CC)NC(=O)C1C2CCC(C2)C1N. The zero-order valence-corrected chi connectivity index (χ0v) is 12.0. The lowest BCUT2D eigenvalue weighted by atomic mass is 9.82. The van der Waals surface area contributed by atoms with Crippen molar-refractivity contribution in [3.05, 3.63) is 0 Å². The average Bonchev–Trinajstić information content (AvgIpc) is 2.96. The van der Waals surface area contributed by atoms with Gasteiger partial charge in [0.15, 0.2) is 0 Å². The first-order chi connectivity index (χ1) is 8.56. The van der Waals surface area contributed by atoms with Crippen molar-refractivity contribution >= 4 is 5.91 Å². The van der Waals surface area contributed by atoms with Crippen molar-refractivity contribution in [2.75, 3.05) is 0 Å². The first-order valence-corrected chi connectivity index (χ1v) is 7.64. The third-order valence-electron chi connectivity index (χ3n) is 5.70. The van der Waals surface area contributed by atoms with E-state index < -0.39 is 0 Å². The zero-order chi connectivity index (χ0) is 13.3. The van der Waals surface area contributed by atoms with Gasteiger partial charge >= 0.3 is 0 Å². The minimum atomic E-state index is -0.0152. The number of nitrogens with one attached hydrogen (secondary N) is 1. The second-order valence-electron chi connectivity index (χ2n) is 6.27. The van der Waals surface area contributed by atoms with E-state index in [1.807, 2.05) is 0 Å². The van der Waals surface area contributed by atoms with E-state index in [9.17, 15) is 4.79 Å². The molecule has 0 spiro atoms. The fraction of sp³-hybridized carbons (Fsp3) is 0.933. The lowest BCUT2D eigenvalue weighted by Gasteiger charge is -2.36. The molecule has 0 aromatic heterocycles. The quantitative estimate of drug-likeness (QED) is 0.789. The summed E-state index contributed by atoms with van der Waals surface area (Å²) < 4.78 is 0. The van der Waals surface area contributed by atoms with Gasteiger partial charge in [-0.2, -0.15) is 0 Å². The average molecular weight is 252 g/mol. The Morgan fingerprint density at radius 2 is 1.72 bits per heavy atom. The van der Waals surface area contributed by atoms with Crippen LogP contribution in [0.25, 0.3) is 0 Å². The van der Waals surface area contributed by atoms with Crippen LogP contribution in [0.1, 0.15) is 59.3 Å². The molecule has 0 aromatic rings. The molecule has 3 nitrogen and oxygen atoms in total. The predicted octanol–water partition coefficient (Wildman–Crippen LogP) is 2.44. The Balaban J connectivity index is 2.04. The topological polar surface area (TPSA) is 55.1 Å². The largest absolute Gasteiger partial charge is 0.350 e. The van der Waals surface area contributed by atoms with Crippen molar-refractivity contribution in [3.63, 3.8) is 0 Å². The van der Waals surface area contributed by atoms with Crippen molar-refractivity contribution in [1.29, 1.82) is 0 Å². The molecule has 2 fully saturated rings. The molecule has 3 heteroatoms. The molecule has 4 unspecified atom stereocenters. The van der Waals surface area contributed by atoms with Crippen LogP contribution in [0.3, 0.4) is 0 Å². The molecule has 4 atom stereocenters. The van der Waals surface area contributed by atoms with Gasteiger partial charge in [0.05, 0.1) is 5.92 Å². The monoisotopic (exact) mass is 252 g/mol. The van der Waals surface area contributed by atoms with Gasteiger partial charge in [-0.3, -0.25) is 4.79 Å². The van der Waals surface area contributed by atoms with Crippen LogP contribution >= 0.6 is 0 Å². The number of carbonyl (C=O) groups is 1. The second kappa shape index (κ2) is 5.20. The van der Waals surface area contributed by atoms with Crippen molar-refractivity contribution in [1.82, 2.24) is 5.32 Å². The summed E-state index contributed by atoms with van der Waals surface area (Å²) in [7, 11) is 0. The van der Waals surface area contributed by atoms with Crippen LogP contribution in [-0.4, -0.2) is 17.5 Å². The molecule has 3 N–H and O–H groups in total. The van der Waals surface area contributed by atoms with Gasteiger partial charge < -0.3 is 11.1 Å². The summed E-state index contributed by atoms with van der Waals surface area (Å²) in [5.41, 5.74) is 6.23. The normalized spacial score (nSPS) is 34.9. The zero-order valence-electron chi connectivity index (χ0n) is 12.0. The molecule has 1 amide bonds. The van der Waals surface area contributed by atoms with Gasteiger partial charge in [-0.1, -0.05) is 20.8 Å². The standard InChI is InChI=1S/C15H28N2O/c1-4-15(5-2,6-3)17-14(18)12-10-7-8-11(9-10)13(12)16/h10-13H,4-9,16H2,1-3H3,(H,17,18). The molecule has 2 aliphatic carbocycles. The Hall–Kier alpha value is -0.570. The molecule has 2 bridgehead atoms. The van der Waals surface area contributed by atoms with E-state index in [1.165, 1.54) is 19.3 Å². The van der Waals surface area contributed by atoms with E-state index in [-0.39, 0.29) is 23.4 Å². The third-order valence-corrected chi connectivity index (χ3v) is 5.70. The molecule has 0 saturated heterocycles. The lowest BCUT2D eigenvalue weighted by molar-refractivity contribution is -0.129. The fourth-order valence-corrected chi connectivity index (χ4v) is 4.08. The van der Waals surface area contributed by atoms with Crippen molar-refractivity contribution in [3.8, 4) is 0 Å².